The lowest BCUT2D eigenvalue weighted by atomic mass is 10.1. The lowest BCUT2D eigenvalue weighted by molar-refractivity contribution is -0.157. The molecule has 0 atom stereocenters. The number of nitrogens with zero attached hydrogens (tertiary/aromatic N) is 3. The van der Waals surface area contributed by atoms with E-state index in [0.717, 1.165) is 6.33 Å². The predicted molar refractivity (Wildman–Crippen MR) is 55.8 cm³/mol. The second-order valence-corrected chi connectivity index (χ2v) is 2.97. The molecule has 1 rings (SSSR count). The fourth-order valence-corrected chi connectivity index (χ4v) is 1.19. The molecule has 0 amide bonds. The molecule has 1 aromatic rings. The zero-order valence-electron chi connectivity index (χ0n) is 9.62. The standard InChI is InChI=1S/C10H13N3O4/c1-3-16-9(14)8(10(15)17-4-2)7-5-12-13-6-11-7/h5-6,8H,3-4H2,1-2H3. The predicted octanol–water partition coefficient (Wildman–Crippen LogP) is 0.0814. The van der Waals surface area contributed by atoms with Crippen molar-refractivity contribution in [2.75, 3.05) is 13.2 Å². The van der Waals surface area contributed by atoms with Crippen LogP contribution in [0, 0.1) is 0 Å². The van der Waals surface area contributed by atoms with E-state index in [1.165, 1.54) is 6.20 Å². The van der Waals surface area contributed by atoms with Crippen molar-refractivity contribution in [3.63, 3.8) is 0 Å². The van der Waals surface area contributed by atoms with Gasteiger partial charge < -0.3 is 9.47 Å². The molecule has 17 heavy (non-hydrogen) atoms. The van der Waals surface area contributed by atoms with Crippen LogP contribution in [0.1, 0.15) is 25.5 Å². The van der Waals surface area contributed by atoms with Gasteiger partial charge in [-0.2, -0.15) is 5.10 Å². The molecule has 0 aromatic carbocycles. The zero-order chi connectivity index (χ0) is 12.7. The first-order chi connectivity index (χ1) is 8.20. The Morgan fingerprint density at radius 3 is 2.18 bits per heavy atom. The monoisotopic (exact) mass is 239 g/mol. The Labute approximate surface area is 98.2 Å². The lowest BCUT2D eigenvalue weighted by Gasteiger charge is -2.12. The third kappa shape index (κ3) is 3.47. The van der Waals surface area contributed by atoms with Gasteiger partial charge in [0.15, 0.2) is 5.92 Å². The van der Waals surface area contributed by atoms with E-state index in [9.17, 15) is 9.59 Å². The second kappa shape index (κ2) is 6.51. The molecule has 7 heteroatoms. The van der Waals surface area contributed by atoms with E-state index in [1.54, 1.807) is 13.8 Å². The summed E-state index contributed by atoms with van der Waals surface area (Å²) in [7, 11) is 0. The topological polar surface area (TPSA) is 91.3 Å². The van der Waals surface area contributed by atoms with Crippen LogP contribution in [0.5, 0.6) is 0 Å². The summed E-state index contributed by atoms with van der Waals surface area (Å²) in [6, 6.07) is 0. The highest BCUT2D eigenvalue weighted by Crippen LogP contribution is 2.15. The van der Waals surface area contributed by atoms with E-state index >= 15 is 0 Å². The molecule has 0 aliphatic heterocycles. The van der Waals surface area contributed by atoms with Crippen LogP contribution in [-0.4, -0.2) is 40.3 Å². The first-order valence-electron chi connectivity index (χ1n) is 5.16. The van der Waals surface area contributed by atoms with Crippen molar-refractivity contribution in [2.45, 2.75) is 19.8 Å². The zero-order valence-corrected chi connectivity index (χ0v) is 9.62. The maximum Gasteiger partial charge on any atom is 0.326 e. The third-order valence-corrected chi connectivity index (χ3v) is 1.86. The van der Waals surface area contributed by atoms with Crippen LogP contribution < -0.4 is 0 Å². The molecule has 1 aromatic heterocycles. The Hall–Kier alpha value is -2.05. The van der Waals surface area contributed by atoms with Crippen LogP contribution in [0.25, 0.3) is 0 Å². The van der Waals surface area contributed by atoms with Crippen molar-refractivity contribution in [2.24, 2.45) is 0 Å². The van der Waals surface area contributed by atoms with Gasteiger partial charge >= 0.3 is 11.9 Å². The molecular formula is C10H13N3O4. The largest absolute Gasteiger partial charge is 0.465 e. The summed E-state index contributed by atoms with van der Waals surface area (Å²) in [5.74, 6) is -2.61. The van der Waals surface area contributed by atoms with Gasteiger partial charge in [0.05, 0.1) is 25.1 Å². The molecule has 0 saturated heterocycles. The van der Waals surface area contributed by atoms with Crippen molar-refractivity contribution < 1.29 is 19.1 Å². The highest BCUT2D eigenvalue weighted by molar-refractivity contribution is 6.00. The number of esters is 2. The van der Waals surface area contributed by atoms with Gasteiger partial charge in [-0.05, 0) is 13.8 Å². The first kappa shape index (κ1) is 13.0. The molecule has 1 heterocycles. The number of ether oxygens (including phenoxy) is 2. The van der Waals surface area contributed by atoms with Crippen LogP contribution in [0.2, 0.25) is 0 Å². The van der Waals surface area contributed by atoms with Gasteiger partial charge in [0, 0.05) is 0 Å². The van der Waals surface area contributed by atoms with Crippen molar-refractivity contribution in [1.29, 1.82) is 0 Å². The number of rotatable bonds is 5. The third-order valence-electron chi connectivity index (χ3n) is 1.86. The Balaban J connectivity index is 2.94. The SMILES string of the molecule is CCOC(=O)C(C(=O)OCC)c1cnncn1. The van der Waals surface area contributed by atoms with Gasteiger partial charge in [-0.15, -0.1) is 5.10 Å². The Kier molecular flexibility index (Phi) is 4.99. The van der Waals surface area contributed by atoms with Gasteiger partial charge in [0.25, 0.3) is 0 Å². The number of aromatic nitrogens is 3. The summed E-state index contributed by atoms with van der Waals surface area (Å²) >= 11 is 0. The van der Waals surface area contributed by atoms with Crippen molar-refractivity contribution in [3.05, 3.63) is 18.2 Å². The molecule has 0 bridgehead atoms. The molecule has 0 spiro atoms. The molecule has 0 radical (unpaired) electrons. The summed E-state index contributed by atoms with van der Waals surface area (Å²) in [6.07, 6.45) is 2.39. The van der Waals surface area contributed by atoms with E-state index in [4.69, 9.17) is 9.47 Å². The van der Waals surface area contributed by atoms with Gasteiger partial charge in [-0.3, -0.25) is 9.59 Å². The van der Waals surface area contributed by atoms with E-state index < -0.39 is 17.9 Å². The fourth-order valence-electron chi connectivity index (χ4n) is 1.19. The normalized spacial score (nSPS) is 10.1. The van der Waals surface area contributed by atoms with E-state index in [1.807, 2.05) is 0 Å². The number of hydrogen-bond donors (Lipinski definition) is 0. The van der Waals surface area contributed by atoms with Crippen LogP contribution in [0.4, 0.5) is 0 Å². The van der Waals surface area contributed by atoms with E-state index in [0.29, 0.717) is 0 Å². The number of carbonyl (C=O) groups excluding carboxylic acids is 2. The van der Waals surface area contributed by atoms with Crippen LogP contribution in [-0.2, 0) is 19.1 Å². The smallest absolute Gasteiger partial charge is 0.326 e. The maximum atomic E-state index is 11.6. The van der Waals surface area contributed by atoms with Gasteiger partial charge in [-0.25, -0.2) is 4.98 Å². The molecule has 0 fully saturated rings. The number of hydrogen-bond acceptors (Lipinski definition) is 7. The molecule has 0 aliphatic rings. The average molecular weight is 239 g/mol. The summed E-state index contributed by atoms with van der Waals surface area (Å²) in [5, 5.41) is 7.04. The summed E-state index contributed by atoms with van der Waals surface area (Å²) in [4.78, 5) is 27.1. The highest BCUT2D eigenvalue weighted by Gasteiger charge is 2.32. The molecule has 0 unspecified atom stereocenters. The fraction of sp³-hybridized carbons (Fsp3) is 0.500. The molecule has 0 N–H and O–H groups in total. The average Bonchev–Trinajstić information content (AvgIpc) is 2.31. The Bertz CT molecular complexity index is 364. The van der Waals surface area contributed by atoms with E-state index in [2.05, 4.69) is 15.2 Å². The van der Waals surface area contributed by atoms with Crippen LogP contribution in [0.3, 0.4) is 0 Å². The molecule has 0 aliphatic carbocycles. The van der Waals surface area contributed by atoms with Gasteiger partial charge in [-0.1, -0.05) is 0 Å². The van der Waals surface area contributed by atoms with Crippen molar-refractivity contribution >= 4 is 11.9 Å². The number of carbonyl (C=O) groups is 2. The highest BCUT2D eigenvalue weighted by atomic mass is 16.6. The van der Waals surface area contributed by atoms with E-state index in [-0.39, 0.29) is 18.9 Å². The summed E-state index contributed by atoms with van der Waals surface area (Å²) < 4.78 is 9.60. The maximum absolute atomic E-state index is 11.6. The summed E-state index contributed by atoms with van der Waals surface area (Å²) in [5.41, 5.74) is 0.164. The Morgan fingerprint density at radius 2 is 1.76 bits per heavy atom. The van der Waals surface area contributed by atoms with Crippen molar-refractivity contribution in [3.8, 4) is 0 Å². The molecule has 92 valence electrons. The Morgan fingerprint density at radius 1 is 1.18 bits per heavy atom. The molecular weight excluding hydrogens is 226 g/mol. The quantitative estimate of drug-likeness (QED) is 0.530. The molecule has 7 nitrogen and oxygen atoms in total. The van der Waals surface area contributed by atoms with Crippen molar-refractivity contribution in [1.82, 2.24) is 15.2 Å². The lowest BCUT2D eigenvalue weighted by Crippen LogP contribution is -2.27. The van der Waals surface area contributed by atoms with Crippen LogP contribution >= 0.6 is 0 Å². The van der Waals surface area contributed by atoms with Gasteiger partial charge in [0.2, 0.25) is 0 Å². The minimum atomic E-state index is -1.20. The molecule has 0 saturated carbocycles. The van der Waals surface area contributed by atoms with Crippen LogP contribution in [0.15, 0.2) is 12.5 Å². The first-order valence-corrected chi connectivity index (χ1v) is 5.16. The minimum Gasteiger partial charge on any atom is -0.465 e. The van der Waals surface area contributed by atoms with Gasteiger partial charge in [0.1, 0.15) is 6.33 Å². The summed E-state index contributed by atoms with van der Waals surface area (Å²) in [6.45, 7) is 3.65. The second-order valence-electron chi connectivity index (χ2n) is 2.97. The minimum absolute atomic E-state index is 0.164.